The number of nitrogens with zero attached hydrogens (tertiary/aromatic N) is 1. The Morgan fingerprint density at radius 3 is 2.00 bits per heavy atom. The summed E-state index contributed by atoms with van der Waals surface area (Å²) in [6.45, 7) is 4.57. The molecule has 2 aromatic rings. The minimum atomic E-state index is -0.703. The van der Waals surface area contributed by atoms with Crippen molar-refractivity contribution in [3.63, 3.8) is 0 Å². The van der Waals surface area contributed by atoms with Crippen LogP contribution in [-0.2, 0) is 6.42 Å². The summed E-state index contributed by atoms with van der Waals surface area (Å²) in [5.41, 5.74) is 1.87. The first-order valence-electron chi connectivity index (χ1n) is 10.4. The first-order valence-corrected chi connectivity index (χ1v) is 10.4. The Balaban J connectivity index is 0.00000280. The van der Waals surface area contributed by atoms with E-state index in [-0.39, 0.29) is 41.9 Å². The van der Waals surface area contributed by atoms with Crippen LogP contribution in [0.2, 0.25) is 0 Å². The van der Waals surface area contributed by atoms with Gasteiger partial charge in [-0.05, 0) is 30.2 Å². The van der Waals surface area contributed by atoms with E-state index in [1.807, 2.05) is 0 Å². The Morgan fingerprint density at radius 1 is 0.929 bits per heavy atom. The lowest BCUT2D eigenvalue weighted by Crippen LogP contribution is -3.00. The zero-order chi connectivity index (χ0) is 19.7. The Bertz CT molecular complexity index is 727. The topological polar surface area (TPSA) is 20.2 Å². The van der Waals surface area contributed by atoms with E-state index >= 15 is 0 Å². The van der Waals surface area contributed by atoms with Crippen LogP contribution in [0.1, 0.15) is 43.9 Å². The first-order chi connectivity index (χ1) is 12.7. The second-order valence-corrected chi connectivity index (χ2v) is 9.58. The second kappa shape index (κ2) is 9.27. The molecule has 2 nitrogen and oxygen atoms in total. The molecule has 5 atom stereocenters. The van der Waals surface area contributed by atoms with Gasteiger partial charge in [0, 0.05) is 17.9 Å². The summed E-state index contributed by atoms with van der Waals surface area (Å²) < 4.78 is 0.826. The van der Waals surface area contributed by atoms with Gasteiger partial charge in [-0.1, -0.05) is 74.5 Å². The molecule has 1 aliphatic rings. The van der Waals surface area contributed by atoms with Crippen molar-refractivity contribution in [2.45, 2.75) is 44.8 Å². The molecule has 0 spiro atoms. The van der Waals surface area contributed by atoms with Crippen molar-refractivity contribution in [1.29, 1.82) is 0 Å². The van der Waals surface area contributed by atoms with Gasteiger partial charge in [-0.3, -0.25) is 0 Å². The zero-order valence-electron chi connectivity index (χ0n) is 18.0. The highest BCUT2D eigenvalue weighted by Crippen LogP contribution is 2.50. The van der Waals surface area contributed by atoms with E-state index in [0.717, 1.165) is 17.3 Å². The molecule has 0 bridgehead atoms. The average Bonchev–Trinajstić information content (AvgIpc) is 2.63. The van der Waals surface area contributed by atoms with Crippen molar-refractivity contribution in [2.24, 2.45) is 17.8 Å². The van der Waals surface area contributed by atoms with Crippen LogP contribution < -0.4 is 24.0 Å². The van der Waals surface area contributed by atoms with Gasteiger partial charge >= 0.3 is 0 Å². The molecular weight excluding hydrogens is 457 g/mol. The monoisotopic (exact) mass is 493 g/mol. The van der Waals surface area contributed by atoms with Crippen molar-refractivity contribution < 1.29 is 33.6 Å². The van der Waals surface area contributed by atoms with Gasteiger partial charge in [0.1, 0.15) is 6.04 Å². The van der Waals surface area contributed by atoms with E-state index in [1.165, 1.54) is 17.5 Å². The molecule has 1 N–H and O–H groups in total. The fourth-order valence-corrected chi connectivity index (χ4v) is 5.29. The number of hydrogen-bond acceptors (Lipinski definition) is 1. The van der Waals surface area contributed by atoms with Crippen LogP contribution in [-0.4, -0.2) is 36.3 Å². The molecule has 0 heterocycles. The third-order valence-electron chi connectivity index (χ3n) is 6.90. The molecule has 0 amide bonds. The maximum Gasteiger partial charge on any atom is 0.120 e. The summed E-state index contributed by atoms with van der Waals surface area (Å²) >= 11 is 0. The van der Waals surface area contributed by atoms with Crippen molar-refractivity contribution >= 4 is 0 Å². The molecule has 0 aliphatic heterocycles. The highest BCUT2D eigenvalue weighted by atomic mass is 127. The average molecular weight is 493 g/mol. The molecule has 1 unspecified atom stereocenters. The van der Waals surface area contributed by atoms with Gasteiger partial charge < -0.3 is 33.6 Å². The van der Waals surface area contributed by atoms with Crippen molar-refractivity contribution in [2.75, 3.05) is 21.1 Å². The smallest absolute Gasteiger partial charge is 0.120 e. The van der Waals surface area contributed by atoms with E-state index in [2.05, 4.69) is 95.7 Å². The molecule has 1 fully saturated rings. The Labute approximate surface area is 188 Å². The molecule has 0 aromatic heterocycles. The molecule has 3 heteroatoms. The molecule has 3 rings (SSSR count). The molecule has 0 saturated heterocycles. The van der Waals surface area contributed by atoms with Gasteiger partial charge in [0.05, 0.1) is 26.7 Å². The summed E-state index contributed by atoms with van der Waals surface area (Å²) in [6.07, 6.45) is 2.99. The Kier molecular flexibility index (Phi) is 7.74. The van der Waals surface area contributed by atoms with Crippen LogP contribution in [0.4, 0.5) is 0 Å². The summed E-state index contributed by atoms with van der Waals surface area (Å²) in [4.78, 5) is 0. The van der Waals surface area contributed by atoms with Crippen molar-refractivity contribution in [3.8, 4) is 0 Å². The first kappa shape index (κ1) is 23.4. The number of benzene rings is 2. The molecule has 0 radical (unpaired) electrons. The number of hydrogen-bond donors (Lipinski definition) is 1. The Hall–Kier alpha value is -0.910. The summed E-state index contributed by atoms with van der Waals surface area (Å²) in [5.74, 6) is 1.04. The van der Waals surface area contributed by atoms with Gasteiger partial charge in [0.15, 0.2) is 0 Å². The van der Waals surface area contributed by atoms with Gasteiger partial charge in [0.25, 0.3) is 0 Å². The van der Waals surface area contributed by atoms with Crippen LogP contribution in [0, 0.1) is 17.8 Å². The largest absolute Gasteiger partial charge is 1.00 e. The van der Waals surface area contributed by atoms with Crippen molar-refractivity contribution in [1.82, 2.24) is 0 Å². The lowest BCUT2D eigenvalue weighted by atomic mass is 9.59. The SMILES string of the molecule is C[C@H]1CCC([C@H](c2ccccc2)[N+](C)(C)C)[C@@](O)(Cc2ccccc2)[C@H]1C.[I-]. The quantitative estimate of drug-likeness (QED) is 0.500. The summed E-state index contributed by atoms with van der Waals surface area (Å²) in [7, 11) is 6.80. The number of halogens is 1. The highest BCUT2D eigenvalue weighted by molar-refractivity contribution is 5.23. The second-order valence-electron chi connectivity index (χ2n) is 9.58. The molecule has 2 aromatic carbocycles. The van der Waals surface area contributed by atoms with E-state index < -0.39 is 5.60 Å². The van der Waals surface area contributed by atoms with Crippen LogP contribution in [0.5, 0.6) is 0 Å². The molecule has 1 aliphatic carbocycles. The summed E-state index contributed by atoms with van der Waals surface area (Å²) in [6, 6.07) is 21.6. The summed E-state index contributed by atoms with van der Waals surface area (Å²) in [5, 5.41) is 12.2. The van der Waals surface area contributed by atoms with Gasteiger partial charge in [-0.2, -0.15) is 0 Å². The normalized spacial score (nSPS) is 29.0. The molecule has 154 valence electrons. The van der Waals surface area contributed by atoms with Crippen LogP contribution in [0.3, 0.4) is 0 Å². The lowest BCUT2D eigenvalue weighted by molar-refractivity contribution is -0.908. The predicted octanol–water partition coefficient (Wildman–Crippen LogP) is 2.09. The maximum atomic E-state index is 12.2. The van der Waals surface area contributed by atoms with Gasteiger partial charge in [-0.15, -0.1) is 0 Å². The number of rotatable bonds is 5. The molecular formula is C25H36INO. The van der Waals surface area contributed by atoms with Crippen LogP contribution in [0.15, 0.2) is 60.7 Å². The van der Waals surface area contributed by atoms with Gasteiger partial charge in [0.2, 0.25) is 0 Å². The van der Waals surface area contributed by atoms with E-state index in [9.17, 15) is 5.11 Å². The van der Waals surface area contributed by atoms with Crippen LogP contribution in [0.25, 0.3) is 0 Å². The number of aliphatic hydroxyl groups is 1. The maximum absolute atomic E-state index is 12.2. The minimum Gasteiger partial charge on any atom is -1.00 e. The molecule has 28 heavy (non-hydrogen) atoms. The lowest BCUT2D eigenvalue weighted by Gasteiger charge is -2.53. The van der Waals surface area contributed by atoms with E-state index in [0.29, 0.717) is 5.92 Å². The fourth-order valence-electron chi connectivity index (χ4n) is 5.29. The number of quaternary nitrogens is 1. The third-order valence-corrected chi connectivity index (χ3v) is 6.90. The highest BCUT2D eigenvalue weighted by Gasteiger charge is 2.53. The van der Waals surface area contributed by atoms with Crippen molar-refractivity contribution in [3.05, 3.63) is 71.8 Å². The van der Waals surface area contributed by atoms with Crippen LogP contribution >= 0.6 is 0 Å². The third kappa shape index (κ3) is 4.80. The van der Waals surface area contributed by atoms with E-state index in [1.54, 1.807) is 0 Å². The molecule has 1 saturated carbocycles. The fraction of sp³-hybridized carbons (Fsp3) is 0.520. The standard InChI is InChI=1S/C25H36NO.HI/c1-19-16-17-23(24(26(3,4)5)22-14-10-7-11-15-22)25(27,20(19)2)18-21-12-8-6-9-13-21;/h6-15,19-20,23-24,27H,16-18H2,1-5H3;1H/q+1;/p-1/t19-,20-,23?,24-,25+;/m0./s1. The predicted molar refractivity (Wildman–Crippen MR) is 113 cm³/mol. The van der Waals surface area contributed by atoms with Gasteiger partial charge in [-0.25, -0.2) is 0 Å². The Morgan fingerprint density at radius 2 is 1.46 bits per heavy atom. The zero-order valence-corrected chi connectivity index (χ0v) is 20.1. The van der Waals surface area contributed by atoms with E-state index in [4.69, 9.17) is 0 Å². The minimum absolute atomic E-state index is 0.